The van der Waals surface area contributed by atoms with Crippen molar-refractivity contribution >= 4 is 11.0 Å². The fourth-order valence-electron chi connectivity index (χ4n) is 2.19. The van der Waals surface area contributed by atoms with Crippen LogP contribution in [-0.2, 0) is 7.05 Å². The lowest BCUT2D eigenvalue weighted by Gasteiger charge is -2.13. The lowest BCUT2D eigenvalue weighted by molar-refractivity contribution is -0.274. The molecule has 0 aliphatic rings. The molecule has 3 aromatic rings. The third-order valence-corrected chi connectivity index (χ3v) is 3.23. The van der Waals surface area contributed by atoms with Crippen LogP contribution in [0, 0.1) is 0 Å². The highest BCUT2D eigenvalue weighted by molar-refractivity contribution is 5.73. The number of hydrogen-bond donors (Lipinski definition) is 0. The Hall–Kier alpha value is -3.37. The Kier molecular flexibility index (Phi) is 3.70. The zero-order chi connectivity index (χ0) is 18.4. The molecule has 0 fully saturated rings. The van der Waals surface area contributed by atoms with Crippen molar-refractivity contribution < 1.29 is 22.3 Å². The molecule has 2 heterocycles. The molecule has 0 radical (unpaired) electrons. The summed E-state index contributed by atoms with van der Waals surface area (Å²) in [6.45, 7) is 0. The van der Waals surface area contributed by atoms with Gasteiger partial charge in [0.2, 0.25) is 0 Å². The Morgan fingerprint density at radius 3 is 2.48 bits per heavy atom. The average Bonchev–Trinajstić information content (AvgIpc) is 2.51. The highest BCUT2D eigenvalue weighted by Gasteiger charge is 2.32. The van der Waals surface area contributed by atoms with E-state index in [0.717, 1.165) is 23.0 Å². The van der Waals surface area contributed by atoms with E-state index in [2.05, 4.69) is 9.84 Å². The molecule has 0 spiro atoms. The molecule has 0 aliphatic carbocycles. The van der Waals surface area contributed by atoms with Gasteiger partial charge in [-0.15, -0.1) is 13.2 Å². The van der Waals surface area contributed by atoms with E-state index in [1.54, 1.807) is 0 Å². The molecular weight excluding hydrogens is 347 g/mol. The van der Waals surface area contributed by atoms with Gasteiger partial charge < -0.3 is 9.15 Å². The number of rotatable bonds is 2. The van der Waals surface area contributed by atoms with E-state index in [0.29, 0.717) is 4.57 Å². The van der Waals surface area contributed by atoms with Gasteiger partial charge in [-0.2, -0.15) is 5.10 Å². The lowest BCUT2D eigenvalue weighted by Crippen LogP contribution is -2.36. The normalized spacial score (nSPS) is 11.7. The quantitative estimate of drug-likeness (QED) is 0.679. The topological polar surface area (TPSA) is 96.3 Å². The van der Waals surface area contributed by atoms with Gasteiger partial charge in [-0.25, -0.2) is 14.0 Å². The van der Waals surface area contributed by atoms with Crippen LogP contribution < -0.4 is 21.6 Å². The van der Waals surface area contributed by atoms with Crippen LogP contribution in [0.15, 0.2) is 49.3 Å². The number of halogens is 3. The second-order valence-electron chi connectivity index (χ2n) is 4.84. The summed E-state index contributed by atoms with van der Waals surface area (Å²) < 4.78 is 47.4. The van der Waals surface area contributed by atoms with Crippen molar-refractivity contribution in [3.63, 3.8) is 0 Å². The first-order chi connectivity index (χ1) is 11.7. The zero-order valence-corrected chi connectivity index (χ0v) is 12.4. The van der Waals surface area contributed by atoms with Crippen molar-refractivity contribution in [2.75, 3.05) is 0 Å². The number of ether oxygens (including phenoxy) is 1. The van der Waals surface area contributed by atoms with Gasteiger partial charge >= 0.3 is 12.1 Å². The second-order valence-corrected chi connectivity index (χ2v) is 4.84. The first kappa shape index (κ1) is 16.5. The number of alkyl halides is 3. The van der Waals surface area contributed by atoms with Crippen LogP contribution in [0.5, 0.6) is 5.75 Å². The monoisotopic (exact) mass is 355 g/mol. The summed E-state index contributed by atoms with van der Waals surface area (Å²) in [5.74, 6) is -2.08. The van der Waals surface area contributed by atoms with Crippen LogP contribution in [0.4, 0.5) is 13.2 Å². The van der Waals surface area contributed by atoms with E-state index < -0.39 is 40.1 Å². The van der Waals surface area contributed by atoms with Gasteiger partial charge in [0.1, 0.15) is 0 Å². The number of hydrogen-bond acceptors (Lipinski definition) is 6. The molecule has 2 aromatic heterocycles. The second kappa shape index (κ2) is 5.61. The van der Waals surface area contributed by atoms with Crippen molar-refractivity contribution in [1.82, 2.24) is 14.3 Å². The van der Waals surface area contributed by atoms with Crippen LogP contribution >= 0.6 is 0 Å². The SMILES string of the molecule is Cn1ncc2oc(=O)n(-c3ccccc3OC(F)(F)F)c(=O)c2c1=O. The van der Waals surface area contributed by atoms with Crippen molar-refractivity contribution in [2.24, 2.45) is 7.05 Å². The van der Waals surface area contributed by atoms with Crippen LogP contribution in [0.25, 0.3) is 16.7 Å². The molecule has 0 aliphatic heterocycles. The molecule has 3 rings (SSSR count). The van der Waals surface area contributed by atoms with Crippen molar-refractivity contribution in [3.05, 3.63) is 61.7 Å². The molecule has 0 saturated heterocycles. The Morgan fingerprint density at radius 1 is 1.12 bits per heavy atom. The number of benzene rings is 1. The van der Waals surface area contributed by atoms with Crippen LogP contribution in [0.1, 0.15) is 0 Å². The summed E-state index contributed by atoms with van der Waals surface area (Å²) in [5, 5.41) is 3.08. The maximum atomic E-state index is 12.6. The maximum absolute atomic E-state index is 12.6. The summed E-state index contributed by atoms with van der Waals surface area (Å²) in [7, 11) is 1.26. The number of nitrogens with zero attached hydrogens (tertiary/aromatic N) is 3. The molecule has 0 saturated carbocycles. The van der Waals surface area contributed by atoms with E-state index in [9.17, 15) is 27.6 Å². The predicted octanol–water partition coefficient (Wildman–Crippen LogP) is 0.936. The molecule has 8 nitrogen and oxygen atoms in total. The summed E-state index contributed by atoms with van der Waals surface area (Å²) in [4.78, 5) is 36.7. The van der Waals surface area contributed by atoms with Gasteiger partial charge in [-0.3, -0.25) is 9.59 Å². The highest BCUT2D eigenvalue weighted by atomic mass is 19.4. The van der Waals surface area contributed by atoms with Crippen LogP contribution in [-0.4, -0.2) is 20.7 Å². The zero-order valence-electron chi connectivity index (χ0n) is 12.4. The van der Waals surface area contributed by atoms with E-state index in [1.807, 2.05) is 0 Å². The first-order valence-electron chi connectivity index (χ1n) is 6.66. The molecule has 0 N–H and O–H groups in total. The Morgan fingerprint density at radius 2 is 1.80 bits per heavy atom. The standard InChI is InChI=1S/C14H8F3N3O5/c1-19-11(21)10-9(6-18-19)24-13(23)20(12(10)22)7-4-2-3-5-8(7)25-14(15,16)17/h2-6H,1H3. The van der Waals surface area contributed by atoms with Gasteiger partial charge in [0.25, 0.3) is 11.1 Å². The van der Waals surface area contributed by atoms with E-state index in [-0.39, 0.29) is 5.58 Å². The number of para-hydroxylation sites is 2. The summed E-state index contributed by atoms with van der Waals surface area (Å²) in [5.41, 5.74) is -2.90. The Bertz CT molecular complexity index is 1140. The molecule has 130 valence electrons. The minimum atomic E-state index is -5.04. The van der Waals surface area contributed by atoms with Crippen molar-refractivity contribution in [2.45, 2.75) is 6.36 Å². The fourth-order valence-corrected chi connectivity index (χ4v) is 2.19. The molecular formula is C14H8F3N3O5. The molecule has 25 heavy (non-hydrogen) atoms. The third-order valence-electron chi connectivity index (χ3n) is 3.23. The molecule has 0 bridgehead atoms. The van der Waals surface area contributed by atoms with E-state index in [1.165, 1.54) is 19.2 Å². The smallest absolute Gasteiger partial charge is 0.407 e. The highest BCUT2D eigenvalue weighted by Crippen LogP contribution is 2.27. The fraction of sp³-hybridized carbons (Fsp3) is 0.143. The van der Waals surface area contributed by atoms with Crippen molar-refractivity contribution in [1.29, 1.82) is 0 Å². The third kappa shape index (κ3) is 2.91. The summed E-state index contributed by atoms with van der Waals surface area (Å²) >= 11 is 0. The predicted molar refractivity (Wildman–Crippen MR) is 77.8 cm³/mol. The Labute approximate surface area is 135 Å². The number of aryl methyl sites for hydroxylation is 1. The van der Waals surface area contributed by atoms with Crippen LogP contribution in [0.2, 0.25) is 0 Å². The minimum absolute atomic E-state index is 0.296. The van der Waals surface area contributed by atoms with Gasteiger partial charge in [0.05, 0.1) is 11.9 Å². The molecule has 0 atom stereocenters. The van der Waals surface area contributed by atoms with Gasteiger partial charge in [0.15, 0.2) is 16.7 Å². The number of fused-ring (bicyclic) bond motifs is 1. The summed E-state index contributed by atoms with van der Waals surface area (Å²) in [6, 6.07) is 4.49. The van der Waals surface area contributed by atoms with E-state index >= 15 is 0 Å². The van der Waals surface area contributed by atoms with E-state index in [4.69, 9.17) is 4.42 Å². The van der Waals surface area contributed by atoms with Gasteiger partial charge in [-0.1, -0.05) is 12.1 Å². The van der Waals surface area contributed by atoms with Crippen LogP contribution in [0.3, 0.4) is 0 Å². The first-order valence-corrected chi connectivity index (χ1v) is 6.66. The lowest BCUT2D eigenvalue weighted by atomic mass is 10.2. The van der Waals surface area contributed by atoms with Gasteiger partial charge in [-0.05, 0) is 12.1 Å². The van der Waals surface area contributed by atoms with Crippen molar-refractivity contribution in [3.8, 4) is 11.4 Å². The minimum Gasteiger partial charge on any atom is -0.407 e. The molecule has 0 amide bonds. The molecule has 1 aromatic carbocycles. The maximum Gasteiger partial charge on any atom is 0.573 e. The summed E-state index contributed by atoms with van der Waals surface area (Å²) in [6.07, 6.45) is -4.06. The largest absolute Gasteiger partial charge is 0.573 e. The molecule has 0 unspecified atom stereocenters. The van der Waals surface area contributed by atoms with Gasteiger partial charge in [0, 0.05) is 7.05 Å². The number of aromatic nitrogens is 3. The molecule has 11 heteroatoms. The Balaban J connectivity index is 2.39. The average molecular weight is 355 g/mol.